The van der Waals surface area contributed by atoms with Crippen molar-refractivity contribution < 1.29 is 14.6 Å². The highest BCUT2D eigenvalue weighted by molar-refractivity contribution is 5.69. The predicted molar refractivity (Wildman–Crippen MR) is 80.8 cm³/mol. The van der Waals surface area contributed by atoms with Gasteiger partial charge in [0.1, 0.15) is 11.9 Å². The van der Waals surface area contributed by atoms with Crippen molar-refractivity contribution in [2.45, 2.75) is 13.0 Å². The molecule has 0 spiro atoms. The Hall–Kier alpha value is -2.17. The number of hydrogen-bond acceptors (Lipinski definition) is 6. The number of nitriles is 1. The van der Waals surface area contributed by atoms with Gasteiger partial charge < -0.3 is 14.7 Å². The molecule has 1 saturated heterocycles. The highest BCUT2D eigenvalue weighted by Gasteiger charge is 2.24. The van der Waals surface area contributed by atoms with Gasteiger partial charge in [0.15, 0.2) is 0 Å². The van der Waals surface area contributed by atoms with E-state index in [9.17, 15) is 10.1 Å². The van der Waals surface area contributed by atoms with E-state index in [0.717, 1.165) is 5.69 Å². The number of aromatic nitrogens is 1. The lowest BCUT2D eigenvalue weighted by Crippen LogP contribution is -2.48. The molecule has 1 fully saturated rings. The maximum absolute atomic E-state index is 10.7. The highest BCUT2D eigenvalue weighted by Crippen LogP contribution is 2.20. The number of nitrogens with zero attached hydrogens (tertiary/aromatic N) is 4. The first kappa shape index (κ1) is 16.2. The van der Waals surface area contributed by atoms with E-state index in [4.69, 9.17) is 9.84 Å². The van der Waals surface area contributed by atoms with Crippen LogP contribution in [-0.4, -0.2) is 66.9 Å². The fourth-order valence-corrected chi connectivity index (χ4v) is 2.54. The van der Waals surface area contributed by atoms with Crippen molar-refractivity contribution in [1.82, 2.24) is 9.88 Å². The molecule has 118 valence electrons. The molecule has 1 aliphatic heterocycles. The van der Waals surface area contributed by atoms with Gasteiger partial charge in [-0.1, -0.05) is 0 Å². The van der Waals surface area contributed by atoms with Crippen molar-refractivity contribution >= 4 is 11.8 Å². The molecule has 0 bridgehead atoms. The second kappa shape index (κ2) is 7.20. The van der Waals surface area contributed by atoms with Gasteiger partial charge in [-0.05, 0) is 26.1 Å². The van der Waals surface area contributed by atoms with Crippen LogP contribution in [0.15, 0.2) is 12.1 Å². The van der Waals surface area contributed by atoms with E-state index in [1.165, 1.54) is 0 Å². The second-order valence-electron chi connectivity index (χ2n) is 5.46. The third-order valence-electron chi connectivity index (χ3n) is 3.49. The van der Waals surface area contributed by atoms with Crippen molar-refractivity contribution in [3.8, 4) is 6.07 Å². The van der Waals surface area contributed by atoms with E-state index in [2.05, 4.69) is 11.1 Å². The summed E-state index contributed by atoms with van der Waals surface area (Å²) in [5, 5.41) is 18.0. The minimum Gasteiger partial charge on any atom is -0.480 e. The van der Waals surface area contributed by atoms with Crippen LogP contribution >= 0.6 is 0 Å². The Morgan fingerprint density at radius 3 is 3.09 bits per heavy atom. The fraction of sp³-hybridized carbons (Fsp3) is 0.533. The van der Waals surface area contributed by atoms with E-state index >= 15 is 0 Å². The summed E-state index contributed by atoms with van der Waals surface area (Å²) in [7, 11) is 1.75. The molecule has 2 heterocycles. The number of aryl methyl sites for hydroxylation is 1. The molecule has 0 saturated carbocycles. The first-order chi connectivity index (χ1) is 10.5. The molecule has 0 aliphatic carbocycles. The fourth-order valence-electron chi connectivity index (χ4n) is 2.54. The first-order valence-electron chi connectivity index (χ1n) is 7.14. The summed E-state index contributed by atoms with van der Waals surface area (Å²) in [6.45, 7) is 4.19. The largest absolute Gasteiger partial charge is 0.480 e. The van der Waals surface area contributed by atoms with Gasteiger partial charge in [0.25, 0.3) is 0 Å². The van der Waals surface area contributed by atoms with E-state index in [1.807, 2.05) is 17.9 Å². The zero-order valence-corrected chi connectivity index (χ0v) is 12.8. The number of carbonyl (C=O) groups is 1. The summed E-state index contributed by atoms with van der Waals surface area (Å²) >= 11 is 0. The average Bonchev–Trinajstić information content (AvgIpc) is 2.46. The third kappa shape index (κ3) is 4.16. The maximum Gasteiger partial charge on any atom is 0.317 e. The quantitative estimate of drug-likeness (QED) is 0.846. The van der Waals surface area contributed by atoms with E-state index in [-0.39, 0.29) is 12.6 Å². The van der Waals surface area contributed by atoms with Crippen LogP contribution in [0.25, 0.3) is 0 Å². The second-order valence-corrected chi connectivity index (χ2v) is 5.46. The lowest BCUT2D eigenvalue weighted by Gasteiger charge is -2.35. The maximum atomic E-state index is 10.7. The minimum atomic E-state index is -0.859. The standard InChI is InChI=1S/C15H20N4O3/c1-11-3-4-12(7-16)15(17-11)19-5-6-22-13(9-19)8-18(2)10-14(20)21/h3-4,13H,5-6,8-10H2,1-2H3,(H,20,21). The molecular weight excluding hydrogens is 284 g/mol. The molecular formula is C15H20N4O3. The van der Waals surface area contributed by atoms with Gasteiger partial charge in [-0.2, -0.15) is 5.26 Å². The lowest BCUT2D eigenvalue weighted by molar-refractivity contribution is -0.138. The number of rotatable bonds is 5. The molecule has 0 aromatic carbocycles. The summed E-state index contributed by atoms with van der Waals surface area (Å²) in [6, 6.07) is 5.77. The van der Waals surface area contributed by atoms with Crippen molar-refractivity contribution in [2.24, 2.45) is 0 Å². The molecule has 0 radical (unpaired) electrons. The Morgan fingerprint density at radius 2 is 2.41 bits per heavy atom. The van der Waals surface area contributed by atoms with Crippen LogP contribution < -0.4 is 4.90 Å². The lowest BCUT2D eigenvalue weighted by atomic mass is 10.2. The van der Waals surface area contributed by atoms with E-state index in [0.29, 0.717) is 37.6 Å². The number of morpholine rings is 1. The Kier molecular flexibility index (Phi) is 5.31. The van der Waals surface area contributed by atoms with Gasteiger partial charge in [0, 0.05) is 25.3 Å². The Balaban J connectivity index is 2.06. The molecule has 1 aliphatic rings. The molecule has 2 rings (SSSR count). The van der Waals surface area contributed by atoms with Gasteiger partial charge >= 0.3 is 5.97 Å². The van der Waals surface area contributed by atoms with Crippen molar-refractivity contribution in [2.75, 3.05) is 44.7 Å². The minimum absolute atomic E-state index is 0.0218. The first-order valence-corrected chi connectivity index (χ1v) is 7.14. The number of anilines is 1. The zero-order chi connectivity index (χ0) is 16.1. The smallest absolute Gasteiger partial charge is 0.317 e. The molecule has 22 heavy (non-hydrogen) atoms. The van der Waals surface area contributed by atoms with Gasteiger partial charge in [-0.25, -0.2) is 4.98 Å². The Labute approximate surface area is 129 Å². The van der Waals surface area contributed by atoms with Crippen LogP contribution in [0.1, 0.15) is 11.3 Å². The monoisotopic (exact) mass is 304 g/mol. The number of carboxylic acids is 1. The number of ether oxygens (including phenoxy) is 1. The third-order valence-corrected chi connectivity index (χ3v) is 3.49. The molecule has 7 heteroatoms. The van der Waals surface area contributed by atoms with Gasteiger partial charge in [0.2, 0.25) is 0 Å². The van der Waals surface area contributed by atoms with Gasteiger partial charge in [0.05, 0.1) is 24.8 Å². The molecule has 1 aromatic rings. The summed E-state index contributed by atoms with van der Waals surface area (Å²) in [6.07, 6.45) is -0.105. The summed E-state index contributed by atoms with van der Waals surface area (Å²) in [5.74, 6) is -0.182. The highest BCUT2D eigenvalue weighted by atomic mass is 16.5. The van der Waals surface area contributed by atoms with Crippen LogP contribution in [0.3, 0.4) is 0 Å². The average molecular weight is 304 g/mol. The Morgan fingerprint density at radius 1 is 1.64 bits per heavy atom. The van der Waals surface area contributed by atoms with Crippen molar-refractivity contribution in [1.29, 1.82) is 5.26 Å². The molecule has 0 amide bonds. The number of carboxylic acid groups (broad SMARTS) is 1. The van der Waals surface area contributed by atoms with Gasteiger partial charge in [-0.3, -0.25) is 9.69 Å². The molecule has 1 N–H and O–H groups in total. The summed E-state index contributed by atoms with van der Waals surface area (Å²) in [5.41, 5.74) is 1.41. The van der Waals surface area contributed by atoms with Crippen molar-refractivity contribution in [3.63, 3.8) is 0 Å². The summed E-state index contributed by atoms with van der Waals surface area (Å²) in [4.78, 5) is 18.9. The zero-order valence-electron chi connectivity index (χ0n) is 12.8. The van der Waals surface area contributed by atoms with Gasteiger partial charge in [-0.15, -0.1) is 0 Å². The van der Waals surface area contributed by atoms with Crippen LogP contribution in [0.4, 0.5) is 5.82 Å². The van der Waals surface area contributed by atoms with Crippen LogP contribution in [0.2, 0.25) is 0 Å². The van der Waals surface area contributed by atoms with Crippen molar-refractivity contribution in [3.05, 3.63) is 23.4 Å². The van der Waals surface area contributed by atoms with Crippen LogP contribution in [0.5, 0.6) is 0 Å². The molecule has 1 aromatic heterocycles. The van der Waals surface area contributed by atoms with E-state index in [1.54, 1.807) is 18.0 Å². The normalized spacial score (nSPS) is 18.3. The molecule has 1 unspecified atom stereocenters. The van der Waals surface area contributed by atoms with Crippen LogP contribution in [-0.2, 0) is 9.53 Å². The number of pyridine rings is 1. The number of hydrogen-bond donors (Lipinski definition) is 1. The Bertz CT molecular complexity index is 585. The number of likely N-dealkylation sites (N-methyl/N-ethyl adjacent to an activating group) is 1. The van der Waals surface area contributed by atoms with Crippen LogP contribution in [0, 0.1) is 18.3 Å². The number of aliphatic carboxylic acids is 1. The topological polar surface area (TPSA) is 89.7 Å². The molecule has 1 atom stereocenters. The summed E-state index contributed by atoms with van der Waals surface area (Å²) < 4.78 is 5.70. The molecule has 7 nitrogen and oxygen atoms in total. The SMILES string of the molecule is Cc1ccc(C#N)c(N2CCOC(CN(C)CC(=O)O)C2)n1. The van der Waals surface area contributed by atoms with E-state index < -0.39 is 5.97 Å². The predicted octanol–water partition coefficient (Wildman–Crippen LogP) is 0.483.